The van der Waals surface area contributed by atoms with Crippen LogP contribution in [0.15, 0.2) is 42.7 Å². The van der Waals surface area contributed by atoms with Crippen LogP contribution in [0.1, 0.15) is 31.2 Å². The molecule has 1 amide bonds. The van der Waals surface area contributed by atoms with Gasteiger partial charge in [0.2, 0.25) is 5.91 Å². The van der Waals surface area contributed by atoms with Crippen LogP contribution in [0.3, 0.4) is 0 Å². The summed E-state index contributed by atoms with van der Waals surface area (Å²) < 4.78 is 5.81. The Kier molecular flexibility index (Phi) is 7.97. The average molecular weight is 481 g/mol. The normalized spacial score (nSPS) is 19.0. The molecule has 0 bridgehead atoms. The van der Waals surface area contributed by atoms with E-state index in [1.165, 1.54) is 5.56 Å². The van der Waals surface area contributed by atoms with Crippen molar-refractivity contribution in [1.29, 1.82) is 0 Å². The second-order valence-corrected chi connectivity index (χ2v) is 8.76. The lowest BCUT2D eigenvalue weighted by Gasteiger charge is -2.31. The van der Waals surface area contributed by atoms with E-state index in [9.17, 15) is 4.79 Å². The SMILES string of the molecule is CC(=O)N1CCC(c2ccc(-c3cc4nccnc4c(NC[C@@H]4CNCCO4)n3)cc2)CC1.S. The number of nitrogens with one attached hydrogen (secondary N) is 2. The van der Waals surface area contributed by atoms with E-state index < -0.39 is 0 Å². The third-order valence-corrected chi connectivity index (χ3v) is 6.58. The van der Waals surface area contributed by atoms with Crippen LogP contribution < -0.4 is 10.6 Å². The number of pyridine rings is 1. The van der Waals surface area contributed by atoms with Crippen LogP contribution >= 0.6 is 13.5 Å². The summed E-state index contributed by atoms with van der Waals surface area (Å²) in [6, 6.07) is 10.7. The zero-order valence-electron chi connectivity index (χ0n) is 19.5. The number of amides is 1. The van der Waals surface area contributed by atoms with Gasteiger partial charge in [-0.2, -0.15) is 13.5 Å². The second-order valence-electron chi connectivity index (χ2n) is 8.76. The van der Waals surface area contributed by atoms with E-state index in [0.29, 0.717) is 12.5 Å². The first kappa shape index (κ1) is 24.4. The summed E-state index contributed by atoms with van der Waals surface area (Å²) in [6.07, 6.45) is 5.52. The summed E-state index contributed by atoms with van der Waals surface area (Å²) in [5.41, 5.74) is 4.81. The zero-order valence-corrected chi connectivity index (χ0v) is 20.5. The predicted molar refractivity (Wildman–Crippen MR) is 138 cm³/mol. The van der Waals surface area contributed by atoms with Gasteiger partial charge in [-0.3, -0.25) is 9.78 Å². The van der Waals surface area contributed by atoms with Gasteiger partial charge in [-0.25, -0.2) is 9.97 Å². The van der Waals surface area contributed by atoms with Gasteiger partial charge < -0.3 is 20.3 Å². The van der Waals surface area contributed by atoms with Crippen molar-refractivity contribution in [3.63, 3.8) is 0 Å². The number of anilines is 1. The number of aromatic nitrogens is 3. The Labute approximate surface area is 207 Å². The number of benzene rings is 1. The van der Waals surface area contributed by atoms with Crippen LogP contribution in [0.5, 0.6) is 0 Å². The molecule has 1 aromatic carbocycles. The summed E-state index contributed by atoms with van der Waals surface area (Å²) in [5.74, 6) is 1.39. The molecule has 9 heteroatoms. The van der Waals surface area contributed by atoms with E-state index >= 15 is 0 Å². The van der Waals surface area contributed by atoms with Gasteiger partial charge in [0.1, 0.15) is 5.52 Å². The highest BCUT2D eigenvalue weighted by Crippen LogP contribution is 2.31. The minimum atomic E-state index is 0. The molecule has 0 saturated carbocycles. The number of hydrogen-bond acceptors (Lipinski definition) is 7. The molecule has 2 fully saturated rings. The lowest BCUT2D eigenvalue weighted by Crippen LogP contribution is -2.42. The van der Waals surface area contributed by atoms with Crippen molar-refractivity contribution in [1.82, 2.24) is 25.2 Å². The molecule has 5 rings (SSSR count). The second kappa shape index (κ2) is 11.1. The first-order chi connectivity index (χ1) is 16.2. The number of nitrogens with zero attached hydrogens (tertiary/aromatic N) is 4. The molecule has 0 aliphatic carbocycles. The van der Waals surface area contributed by atoms with E-state index in [1.807, 2.05) is 11.0 Å². The van der Waals surface area contributed by atoms with Gasteiger partial charge in [0.05, 0.1) is 23.9 Å². The Hall–Kier alpha value is -2.75. The van der Waals surface area contributed by atoms with Crippen molar-refractivity contribution in [2.75, 3.05) is 44.6 Å². The molecule has 2 aromatic heterocycles. The fourth-order valence-electron chi connectivity index (χ4n) is 4.66. The Morgan fingerprint density at radius 1 is 1.18 bits per heavy atom. The van der Waals surface area contributed by atoms with Gasteiger partial charge in [0, 0.05) is 57.6 Å². The van der Waals surface area contributed by atoms with Gasteiger partial charge >= 0.3 is 0 Å². The van der Waals surface area contributed by atoms with Crippen LogP contribution in [-0.2, 0) is 9.53 Å². The highest BCUT2D eigenvalue weighted by atomic mass is 32.1. The molecule has 2 aliphatic rings. The van der Waals surface area contributed by atoms with Crippen molar-refractivity contribution in [2.24, 2.45) is 0 Å². The molecule has 1 atom stereocenters. The predicted octanol–water partition coefficient (Wildman–Crippen LogP) is 2.93. The number of rotatable bonds is 5. The number of likely N-dealkylation sites (tertiary alicyclic amines) is 1. The maximum Gasteiger partial charge on any atom is 0.219 e. The van der Waals surface area contributed by atoms with Crippen LogP contribution in [-0.4, -0.2) is 71.2 Å². The maximum atomic E-state index is 11.6. The number of hydrogen-bond donors (Lipinski definition) is 2. The molecule has 2 N–H and O–H groups in total. The molecule has 4 heterocycles. The molecule has 2 aliphatic heterocycles. The van der Waals surface area contributed by atoms with Crippen molar-refractivity contribution >= 4 is 36.3 Å². The molecule has 180 valence electrons. The average Bonchev–Trinajstić information content (AvgIpc) is 2.88. The molecule has 3 aromatic rings. The van der Waals surface area contributed by atoms with E-state index in [2.05, 4.69) is 44.9 Å². The van der Waals surface area contributed by atoms with E-state index in [0.717, 1.165) is 73.7 Å². The van der Waals surface area contributed by atoms with Crippen molar-refractivity contribution < 1.29 is 9.53 Å². The Balaban J connectivity index is 0.00000274. The van der Waals surface area contributed by atoms with Crippen molar-refractivity contribution in [3.8, 4) is 11.3 Å². The number of morpholine rings is 1. The molecular weight excluding hydrogens is 448 g/mol. The first-order valence-corrected chi connectivity index (χ1v) is 11.7. The molecule has 34 heavy (non-hydrogen) atoms. The van der Waals surface area contributed by atoms with Gasteiger partial charge in [-0.15, -0.1) is 0 Å². The Morgan fingerprint density at radius 2 is 1.94 bits per heavy atom. The van der Waals surface area contributed by atoms with E-state index in [1.54, 1.807) is 19.3 Å². The van der Waals surface area contributed by atoms with Crippen LogP contribution in [0.4, 0.5) is 5.82 Å². The molecule has 8 nitrogen and oxygen atoms in total. The Bertz CT molecular complexity index is 1110. The van der Waals surface area contributed by atoms with E-state index in [4.69, 9.17) is 9.72 Å². The first-order valence-electron chi connectivity index (χ1n) is 11.7. The third kappa shape index (κ3) is 5.48. The number of fused-ring (bicyclic) bond motifs is 1. The number of ether oxygens (including phenoxy) is 1. The number of piperidine rings is 1. The lowest BCUT2D eigenvalue weighted by molar-refractivity contribution is -0.129. The minimum absolute atomic E-state index is 0. The van der Waals surface area contributed by atoms with Crippen LogP contribution in [0, 0.1) is 0 Å². The summed E-state index contributed by atoms with van der Waals surface area (Å²) >= 11 is 0. The fraction of sp³-hybridized carbons (Fsp3) is 0.440. The highest BCUT2D eigenvalue weighted by molar-refractivity contribution is 7.59. The lowest BCUT2D eigenvalue weighted by atomic mass is 9.89. The van der Waals surface area contributed by atoms with E-state index in [-0.39, 0.29) is 25.5 Å². The molecule has 0 spiro atoms. The highest BCUT2D eigenvalue weighted by Gasteiger charge is 2.22. The summed E-state index contributed by atoms with van der Waals surface area (Å²) in [6.45, 7) is 6.42. The third-order valence-electron chi connectivity index (χ3n) is 6.58. The zero-order chi connectivity index (χ0) is 22.6. The molecule has 0 radical (unpaired) electrons. The number of carbonyl (C=O) groups is 1. The molecule has 0 unspecified atom stereocenters. The summed E-state index contributed by atoms with van der Waals surface area (Å²) in [5, 5.41) is 6.79. The monoisotopic (exact) mass is 480 g/mol. The Morgan fingerprint density at radius 3 is 2.65 bits per heavy atom. The van der Waals surface area contributed by atoms with Crippen LogP contribution in [0.25, 0.3) is 22.3 Å². The van der Waals surface area contributed by atoms with Gasteiger partial charge in [-0.05, 0) is 30.4 Å². The number of carbonyl (C=O) groups excluding carboxylic acids is 1. The van der Waals surface area contributed by atoms with Gasteiger partial charge in [0.25, 0.3) is 0 Å². The summed E-state index contributed by atoms with van der Waals surface area (Å²) in [7, 11) is 0. The van der Waals surface area contributed by atoms with Crippen LogP contribution in [0.2, 0.25) is 0 Å². The molecular formula is C25H32N6O2S. The minimum Gasteiger partial charge on any atom is -0.374 e. The maximum absolute atomic E-state index is 11.6. The van der Waals surface area contributed by atoms with Crippen molar-refractivity contribution in [3.05, 3.63) is 48.3 Å². The standard InChI is InChI=1S/C25H30N6O2.H2S/c1-17(32)31-11-6-19(7-12-31)18-2-4-20(5-3-18)22-14-23-24(28-9-8-27-23)25(30-22)29-16-21-15-26-10-13-33-21;/h2-5,8-9,14,19,21,26H,6-7,10-13,15-16H2,1H3,(H,29,30);1H2/t21-;/m0./s1. The smallest absolute Gasteiger partial charge is 0.219 e. The quantitative estimate of drug-likeness (QED) is 0.580. The fourth-order valence-corrected chi connectivity index (χ4v) is 4.66. The van der Waals surface area contributed by atoms with Gasteiger partial charge in [0.15, 0.2) is 5.82 Å². The van der Waals surface area contributed by atoms with Gasteiger partial charge in [-0.1, -0.05) is 24.3 Å². The summed E-state index contributed by atoms with van der Waals surface area (Å²) in [4.78, 5) is 27.4. The largest absolute Gasteiger partial charge is 0.374 e. The molecule has 2 saturated heterocycles. The topological polar surface area (TPSA) is 92.3 Å². The van der Waals surface area contributed by atoms with Crippen molar-refractivity contribution in [2.45, 2.75) is 31.8 Å².